The Balaban J connectivity index is 2.22. The maximum atomic E-state index is 11.5. The summed E-state index contributed by atoms with van der Waals surface area (Å²) in [7, 11) is 3.65. The smallest absolute Gasteiger partial charge is 0.222 e. The summed E-state index contributed by atoms with van der Waals surface area (Å²) in [6.45, 7) is 0. The lowest BCUT2D eigenvalue weighted by atomic mass is 9.85. The largest absolute Gasteiger partial charge is 0.349 e. The summed E-state index contributed by atoms with van der Waals surface area (Å²) in [5.41, 5.74) is 0. The van der Waals surface area contributed by atoms with Crippen molar-refractivity contribution in [1.29, 1.82) is 0 Å². The number of rotatable bonds is 4. The molecule has 0 heterocycles. The Morgan fingerprint density at radius 2 is 1.93 bits per heavy atom. The second-order valence-electron chi connectivity index (χ2n) is 4.40. The molecule has 0 unspecified atom stereocenters. The lowest BCUT2D eigenvalue weighted by molar-refractivity contribution is -0.130. The fourth-order valence-corrected chi connectivity index (χ4v) is 2.46. The molecule has 1 amide bonds. The molecule has 0 saturated heterocycles. The maximum Gasteiger partial charge on any atom is 0.222 e. The normalized spacial score (nSPS) is 26.3. The summed E-state index contributed by atoms with van der Waals surface area (Å²) in [6.07, 6.45) is 7.54. The van der Waals surface area contributed by atoms with Crippen molar-refractivity contribution in [1.82, 2.24) is 4.90 Å². The summed E-state index contributed by atoms with van der Waals surface area (Å²) in [5.74, 6) is 0.825. The highest BCUT2D eigenvalue weighted by Crippen LogP contribution is 2.30. The van der Waals surface area contributed by atoms with E-state index in [2.05, 4.69) is 0 Å². The zero-order valence-corrected chi connectivity index (χ0v) is 10.7. The average molecular weight is 231 g/mol. The van der Waals surface area contributed by atoms with Crippen LogP contribution in [0.4, 0.5) is 0 Å². The molecule has 88 valence electrons. The van der Waals surface area contributed by atoms with Crippen LogP contribution in [0.15, 0.2) is 0 Å². The van der Waals surface area contributed by atoms with Crippen molar-refractivity contribution in [2.45, 2.75) is 38.2 Å². The average Bonchev–Trinajstić information content (AvgIpc) is 2.21. The first kappa shape index (κ1) is 12.8. The standard InChI is InChI=1S/C11H21NO2S/c1-12(2)11(13)8-9-4-6-10(7-5-9)14-15-3/h9-10H,4-8H2,1-3H3. The fourth-order valence-electron chi connectivity index (χ4n) is 2.00. The Kier molecular flexibility index (Phi) is 5.47. The summed E-state index contributed by atoms with van der Waals surface area (Å²) < 4.78 is 5.50. The van der Waals surface area contributed by atoms with Crippen LogP contribution in [0, 0.1) is 5.92 Å². The third-order valence-corrected chi connectivity index (χ3v) is 3.45. The molecule has 0 N–H and O–H groups in total. The minimum absolute atomic E-state index is 0.254. The molecule has 0 atom stereocenters. The van der Waals surface area contributed by atoms with Crippen LogP contribution in [-0.2, 0) is 8.98 Å². The van der Waals surface area contributed by atoms with Crippen LogP contribution in [-0.4, -0.2) is 37.3 Å². The molecule has 0 bridgehead atoms. The molecule has 1 rings (SSSR count). The second kappa shape index (κ2) is 6.38. The van der Waals surface area contributed by atoms with Crippen LogP contribution in [0.1, 0.15) is 32.1 Å². The maximum absolute atomic E-state index is 11.5. The van der Waals surface area contributed by atoms with Gasteiger partial charge in [0.2, 0.25) is 5.91 Å². The SMILES string of the molecule is CSOC1CCC(CC(=O)N(C)C)CC1. The molecule has 15 heavy (non-hydrogen) atoms. The van der Waals surface area contributed by atoms with E-state index in [1.165, 1.54) is 12.0 Å². The Labute approximate surface area is 96.7 Å². The Bertz CT molecular complexity index is 201. The predicted octanol–water partition coefficient (Wildman–Crippen LogP) is 2.32. The number of amides is 1. The van der Waals surface area contributed by atoms with Gasteiger partial charge in [0.1, 0.15) is 0 Å². The Hall–Kier alpha value is -0.220. The summed E-state index contributed by atoms with van der Waals surface area (Å²) in [4.78, 5) is 13.2. The fraction of sp³-hybridized carbons (Fsp3) is 0.909. The lowest BCUT2D eigenvalue weighted by Crippen LogP contribution is -2.27. The van der Waals surface area contributed by atoms with E-state index >= 15 is 0 Å². The first-order chi connectivity index (χ1) is 7.13. The van der Waals surface area contributed by atoms with Gasteiger partial charge in [-0.3, -0.25) is 4.79 Å². The number of hydrogen-bond donors (Lipinski definition) is 0. The summed E-state index contributed by atoms with van der Waals surface area (Å²) >= 11 is 1.45. The molecule has 0 aromatic heterocycles. The molecule has 3 nitrogen and oxygen atoms in total. The zero-order chi connectivity index (χ0) is 11.3. The van der Waals surface area contributed by atoms with Crippen LogP contribution in [0.25, 0.3) is 0 Å². The first-order valence-corrected chi connectivity index (χ1v) is 6.68. The van der Waals surface area contributed by atoms with Crippen LogP contribution in [0.3, 0.4) is 0 Å². The first-order valence-electron chi connectivity index (χ1n) is 5.53. The van der Waals surface area contributed by atoms with Gasteiger partial charge >= 0.3 is 0 Å². The van der Waals surface area contributed by atoms with E-state index in [4.69, 9.17) is 4.18 Å². The zero-order valence-electron chi connectivity index (χ0n) is 9.86. The molecule has 1 aliphatic rings. The van der Waals surface area contributed by atoms with Crippen molar-refractivity contribution in [3.05, 3.63) is 0 Å². The van der Waals surface area contributed by atoms with E-state index in [0.717, 1.165) is 25.7 Å². The highest BCUT2D eigenvalue weighted by Gasteiger charge is 2.23. The van der Waals surface area contributed by atoms with E-state index in [1.807, 2.05) is 20.4 Å². The van der Waals surface area contributed by atoms with Crippen LogP contribution in [0.5, 0.6) is 0 Å². The van der Waals surface area contributed by atoms with Gasteiger partial charge in [0, 0.05) is 26.8 Å². The monoisotopic (exact) mass is 231 g/mol. The third kappa shape index (κ3) is 4.43. The van der Waals surface area contributed by atoms with Crippen molar-refractivity contribution >= 4 is 17.9 Å². The number of nitrogens with zero attached hydrogens (tertiary/aromatic N) is 1. The second-order valence-corrected chi connectivity index (χ2v) is 4.92. The van der Waals surface area contributed by atoms with Gasteiger partial charge in [-0.15, -0.1) is 0 Å². The van der Waals surface area contributed by atoms with Gasteiger partial charge in [-0.1, -0.05) is 0 Å². The van der Waals surface area contributed by atoms with E-state index in [-0.39, 0.29) is 5.91 Å². The van der Waals surface area contributed by atoms with Crippen molar-refractivity contribution in [2.24, 2.45) is 5.92 Å². The molecular weight excluding hydrogens is 210 g/mol. The summed E-state index contributed by atoms with van der Waals surface area (Å²) in [5, 5.41) is 0. The molecule has 1 aliphatic carbocycles. The van der Waals surface area contributed by atoms with Crippen LogP contribution in [0.2, 0.25) is 0 Å². The van der Waals surface area contributed by atoms with Crippen LogP contribution < -0.4 is 0 Å². The minimum Gasteiger partial charge on any atom is -0.349 e. The van der Waals surface area contributed by atoms with Gasteiger partial charge in [-0.25, -0.2) is 0 Å². The third-order valence-electron chi connectivity index (χ3n) is 2.99. The van der Waals surface area contributed by atoms with Crippen molar-refractivity contribution < 1.29 is 8.98 Å². The Morgan fingerprint density at radius 1 is 1.33 bits per heavy atom. The van der Waals surface area contributed by atoms with Gasteiger partial charge in [0.05, 0.1) is 6.10 Å². The molecule has 0 spiro atoms. The van der Waals surface area contributed by atoms with E-state index in [9.17, 15) is 4.79 Å². The number of hydrogen-bond acceptors (Lipinski definition) is 3. The van der Waals surface area contributed by atoms with Gasteiger partial charge in [0.25, 0.3) is 0 Å². The summed E-state index contributed by atoms with van der Waals surface area (Å²) in [6, 6.07) is 0. The highest BCUT2D eigenvalue weighted by atomic mass is 32.2. The molecule has 1 fully saturated rings. The predicted molar refractivity (Wildman–Crippen MR) is 63.7 cm³/mol. The van der Waals surface area contributed by atoms with Crippen LogP contribution >= 0.6 is 12.0 Å². The molecule has 1 saturated carbocycles. The van der Waals surface area contributed by atoms with Gasteiger partial charge < -0.3 is 9.08 Å². The van der Waals surface area contributed by atoms with Gasteiger partial charge in [-0.2, -0.15) is 0 Å². The lowest BCUT2D eigenvalue weighted by Gasteiger charge is -2.27. The topological polar surface area (TPSA) is 29.5 Å². The minimum atomic E-state index is 0.254. The van der Waals surface area contributed by atoms with E-state index in [1.54, 1.807) is 4.90 Å². The molecule has 0 aromatic rings. The molecule has 0 radical (unpaired) electrons. The van der Waals surface area contributed by atoms with Gasteiger partial charge in [0.15, 0.2) is 0 Å². The molecule has 0 aromatic carbocycles. The molecule has 4 heteroatoms. The molecule has 0 aliphatic heterocycles. The van der Waals surface area contributed by atoms with E-state index < -0.39 is 0 Å². The number of carbonyl (C=O) groups is 1. The highest BCUT2D eigenvalue weighted by molar-refractivity contribution is 7.93. The van der Waals surface area contributed by atoms with E-state index in [0.29, 0.717) is 18.4 Å². The Morgan fingerprint density at radius 3 is 2.40 bits per heavy atom. The molecular formula is C11H21NO2S. The van der Waals surface area contributed by atoms with Crippen molar-refractivity contribution in [2.75, 3.05) is 20.4 Å². The van der Waals surface area contributed by atoms with Crippen molar-refractivity contribution in [3.63, 3.8) is 0 Å². The van der Waals surface area contributed by atoms with Gasteiger partial charge in [-0.05, 0) is 43.6 Å². The van der Waals surface area contributed by atoms with Crippen molar-refractivity contribution in [3.8, 4) is 0 Å². The number of carbonyl (C=O) groups excluding carboxylic acids is 1. The quantitative estimate of drug-likeness (QED) is 0.695.